The molecular formula is C9H11BO4. The van der Waals surface area contributed by atoms with Crippen molar-refractivity contribution in [2.24, 2.45) is 0 Å². The highest BCUT2D eigenvalue weighted by atomic mass is 16.5. The van der Waals surface area contributed by atoms with E-state index in [1.165, 1.54) is 12.1 Å². The van der Waals surface area contributed by atoms with Crippen molar-refractivity contribution in [1.29, 1.82) is 0 Å². The molecule has 74 valence electrons. The topological polar surface area (TPSA) is 66.8 Å². The fraction of sp³-hybridized carbons (Fsp3) is 0.222. The molecule has 0 atom stereocenters. The van der Waals surface area contributed by atoms with Crippen LogP contribution in [-0.2, 0) is 4.74 Å². The van der Waals surface area contributed by atoms with Crippen molar-refractivity contribution in [3.63, 3.8) is 0 Å². The van der Waals surface area contributed by atoms with E-state index in [1.54, 1.807) is 0 Å². The van der Waals surface area contributed by atoms with Crippen molar-refractivity contribution < 1.29 is 23.7 Å². The lowest BCUT2D eigenvalue weighted by Crippen LogP contribution is -2.35. The normalized spacial score (nSPS) is 13.8. The van der Waals surface area contributed by atoms with Gasteiger partial charge >= 0.3 is 13.1 Å². The summed E-state index contributed by atoms with van der Waals surface area (Å²) in [7, 11) is -0.743. The third-order valence-corrected chi connectivity index (χ3v) is 1.74. The van der Waals surface area contributed by atoms with E-state index < -0.39 is 19.9 Å². The van der Waals surface area contributed by atoms with Crippen LogP contribution in [0.15, 0.2) is 18.2 Å². The molecule has 0 fully saturated rings. The van der Waals surface area contributed by atoms with Crippen molar-refractivity contribution in [2.45, 2.75) is 6.85 Å². The van der Waals surface area contributed by atoms with Crippen molar-refractivity contribution in [3.05, 3.63) is 29.3 Å². The summed E-state index contributed by atoms with van der Waals surface area (Å²) in [6, 6.07) is 3.47. The predicted octanol–water partition coefficient (Wildman–Crippen LogP) is -0.539. The Balaban J connectivity index is 3.34. The van der Waals surface area contributed by atoms with E-state index in [4.69, 9.17) is 14.2 Å². The minimum Gasteiger partial charge on any atom is -0.465 e. The average Bonchev–Trinajstić information content (AvgIpc) is 2.25. The largest absolute Gasteiger partial charge is 0.489 e. The van der Waals surface area contributed by atoms with Gasteiger partial charge in [-0.3, -0.25) is 0 Å². The molecular weight excluding hydrogens is 183 g/mol. The average molecular weight is 197 g/mol. The smallest absolute Gasteiger partial charge is 0.465 e. The van der Waals surface area contributed by atoms with Crippen LogP contribution >= 0.6 is 0 Å². The number of esters is 1. The number of aryl methyl sites for hydroxylation is 1. The monoisotopic (exact) mass is 197 g/mol. The van der Waals surface area contributed by atoms with Gasteiger partial charge in [0.1, 0.15) is 0 Å². The Morgan fingerprint density at radius 2 is 2.29 bits per heavy atom. The Bertz CT molecular complexity index is 431. The molecule has 0 saturated carbocycles. The first-order valence-electron chi connectivity index (χ1n) is 5.36. The third kappa shape index (κ3) is 2.13. The minimum atomic E-state index is -2.37. The maximum absolute atomic E-state index is 11.4. The van der Waals surface area contributed by atoms with E-state index in [0.29, 0.717) is 0 Å². The SMILES string of the molecule is [2H]C([2H])([2H])c1ccc(B(O)O)c(C(=O)OC)c1. The number of methoxy groups -OCH3 is 1. The second kappa shape index (κ2) is 4.26. The van der Waals surface area contributed by atoms with Crippen LogP contribution in [-0.4, -0.2) is 30.2 Å². The zero-order chi connectivity index (χ0) is 13.2. The lowest BCUT2D eigenvalue weighted by Gasteiger charge is -2.07. The van der Waals surface area contributed by atoms with Crippen molar-refractivity contribution in [3.8, 4) is 0 Å². The zero-order valence-corrected chi connectivity index (χ0v) is 7.52. The molecule has 0 radical (unpaired) electrons. The number of benzene rings is 1. The van der Waals surface area contributed by atoms with Gasteiger partial charge in [-0.25, -0.2) is 4.79 Å². The molecule has 0 unspecified atom stereocenters. The van der Waals surface area contributed by atoms with Gasteiger partial charge in [0.2, 0.25) is 0 Å². The van der Waals surface area contributed by atoms with Crippen molar-refractivity contribution in [2.75, 3.05) is 7.11 Å². The summed E-state index contributed by atoms with van der Waals surface area (Å²) in [5.74, 6) is -0.820. The van der Waals surface area contributed by atoms with Gasteiger partial charge in [0, 0.05) is 4.11 Å². The Morgan fingerprint density at radius 3 is 2.79 bits per heavy atom. The summed E-state index contributed by atoms with van der Waals surface area (Å²) in [5, 5.41) is 18.1. The highest BCUT2D eigenvalue weighted by molar-refractivity contribution is 6.60. The summed E-state index contributed by atoms with van der Waals surface area (Å²) in [6.07, 6.45) is 0. The number of ether oxygens (including phenoxy) is 1. The van der Waals surface area contributed by atoms with Gasteiger partial charge in [-0.15, -0.1) is 0 Å². The van der Waals surface area contributed by atoms with Gasteiger partial charge in [-0.1, -0.05) is 17.7 Å². The van der Waals surface area contributed by atoms with Gasteiger partial charge in [-0.05, 0) is 18.4 Å². The van der Waals surface area contributed by atoms with Gasteiger partial charge in [0.05, 0.1) is 12.7 Å². The molecule has 2 N–H and O–H groups in total. The molecule has 4 nitrogen and oxygen atoms in total. The molecule has 1 aromatic rings. The Labute approximate surface area is 86.5 Å². The highest BCUT2D eigenvalue weighted by Gasteiger charge is 2.20. The summed E-state index contributed by atoms with van der Waals surface area (Å²) < 4.78 is 26.1. The van der Waals surface area contributed by atoms with Crippen molar-refractivity contribution in [1.82, 2.24) is 0 Å². The van der Waals surface area contributed by atoms with Crippen LogP contribution in [0.5, 0.6) is 0 Å². The van der Waals surface area contributed by atoms with Crippen LogP contribution in [0.25, 0.3) is 0 Å². The van der Waals surface area contributed by atoms with E-state index in [2.05, 4.69) is 4.74 Å². The first kappa shape index (κ1) is 7.03. The lowest BCUT2D eigenvalue weighted by molar-refractivity contribution is 0.0601. The molecule has 0 bridgehead atoms. The van der Waals surface area contributed by atoms with E-state index in [0.717, 1.165) is 13.2 Å². The Morgan fingerprint density at radius 1 is 1.57 bits per heavy atom. The van der Waals surface area contributed by atoms with Crippen LogP contribution in [0.3, 0.4) is 0 Å². The molecule has 1 rings (SSSR count). The molecule has 0 aliphatic carbocycles. The maximum Gasteiger partial charge on any atom is 0.489 e. The van der Waals surface area contributed by atoms with Gasteiger partial charge in [0.25, 0.3) is 0 Å². The minimum absolute atomic E-state index is 0.0673. The van der Waals surface area contributed by atoms with Gasteiger partial charge < -0.3 is 14.8 Å². The van der Waals surface area contributed by atoms with Crippen molar-refractivity contribution >= 4 is 18.6 Å². The molecule has 0 heterocycles. The molecule has 14 heavy (non-hydrogen) atoms. The van der Waals surface area contributed by atoms with E-state index in [1.807, 2.05) is 0 Å². The fourth-order valence-electron chi connectivity index (χ4n) is 1.07. The molecule has 0 aliphatic rings. The van der Waals surface area contributed by atoms with Crippen LogP contribution < -0.4 is 5.46 Å². The number of hydrogen-bond donors (Lipinski definition) is 2. The number of rotatable bonds is 2. The van der Waals surface area contributed by atoms with E-state index in [-0.39, 0.29) is 16.6 Å². The first-order chi connectivity index (χ1) is 7.77. The number of carbonyl (C=O) groups excluding carboxylic acids is 1. The highest BCUT2D eigenvalue weighted by Crippen LogP contribution is 2.03. The van der Waals surface area contributed by atoms with Crippen LogP contribution in [0, 0.1) is 6.85 Å². The van der Waals surface area contributed by atoms with Gasteiger partial charge in [-0.2, -0.15) is 0 Å². The lowest BCUT2D eigenvalue weighted by atomic mass is 9.76. The molecule has 5 heteroatoms. The predicted molar refractivity (Wildman–Crippen MR) is 52.3 cm³/mol. The molecule has 0 saturated heterocycles. The third-order valence-electron chi connectivity index (χ3n) is 1.74. The molecule has 0 amide bonds. The molecule has 0 aliphatic heterocycles. The summed E-state index contributed by atoms with van der Waals surface area (Å²) in [5.41, 5.74) is -0.330. The van der Waals surface area contributed by atoms with Crippen LogP contribution in [0.2, 0.25) is 0 Å². The summed E-state index contributed by atoms with van der Waals surface area (Å²) >= 11 is 0. The fourth-order valence-corrected chi connectivity index (χ4v) is 1.07. The molecule has 0 aromatic heterocycles. The Hall–Kier alpha value is -1.33. The van der Waals surface area contributed by atoms with E-state index in [9.17, 15) is 4.79 Å². The number of hydrogen-bond acceptors (Lipinski definition) is 4. The maximum atomic E-state index is 11.4. The first-order valence-corrected chi connectivity index (χ1v) is 3.86. The molecule has 0 spiro atoms. The number of carbonyl (C=O) groups is 1. The quantitative estimate of drug-likeness (QED) is 0.493. The molecule has 1 aromatic carbocycles. The zero-order valence-electron chi connectivity index (χ0n) is 10.5. The van der Waals surface area contributed by atoms with Crippen LogP contribution in [0.1, 0.15) is 20.0 Å². The van der Waals surface area contributed by atoms with E-state index >= 15 is 0 Å². The summed E-state index contributed by atoms with van der Waals surface area (Å²) in [4.78, 5) is 11.4. The second-order valence-corrected chi connectivity index (χ2v) is 2.67. The second-order valence-electron chi connectivity index (χ2n) is 2.67. The summed E-state index contributed by atoms with van der Waals surface area (Å²) in [6.45, 7) is -2.37. The van der Waals surface area contributed by atoms with Gasteiger partial charge in [0.15, 0.2) is 0 Å². The Kier molecular flexibility index (Phi) is 2.14. The van der Waals surface area contributed by atoms with Crippen LogP contribution in [0.4, 0.5) is 0 Å². The standard InChI is InChI=1S/C9H11BO4/c1-6-3-4-8(10(12)13)7(5-6)9(11)14-2/h3-5,12-13H,1-2H3/i1D3.